The van der Waals surface area contributed by atoms with Crippen LogP contribution in [0.25, 0.3) is 10.9 Å². The Labute approximate surface area is 206 Å². The molecule has 1 aromatic heterocycles. The molecule has 0 radical (unpaired) electrons. The van der Waals surface area contributed by atoms with Crippen molar-refractivity contribution in [1.82, 2.24) is 14.8 Å². The number of hydrogen-bond acceptors (Lipinski definition) is 4. The molecule has 0 N–H and O–H groups in total. The van der Waals surface area contributed by atoms with Crippen LogP contribution in [-0.4, -0.2) is 59.9 Å². The molecule has 6 heteroatoms. The second-order valence-corrected chi connectivity index (χ2v) is 10.1. The maximum atomic E-state index is 13.3. The Morgan fingerprint density at radius 1 is 1.00 bits per heavy atom. The van der Waals surface area contributed by atoms with Crippen molar-refractivity contribution in [3.05, 3.63) is 71.9 Å². The van der Waals surface area contributed by atoms with Crippen LogP contribution in [0.1, 0.15) is 48.0 Å². The van der Waals surface area contributed by atoms with Crippen molar-refractivity contribution in [2.75, 3.05) is 33.3 Å². The summed E-state index contributed by atoms with van der Waals surface area (Å²) in [7, 11) is 1.88. The fourth-order valence-electron chi connectivity index (χ4n) is 5.55. The lowest BCUT2D eigenvalue weighted by molar-refractivity contribution is -0.134. The Morgan fingerprint density at radius 2 is 1.77 bits per heavy atom. The van der Waals surface area contributed by atoms with Crippen LogP contribution >= 0.6 is 0 Å². The fraction of sp³-hybridized carbons (Fsp3) is 0.414. The summed E-state index contributed by atoms with van der Waals surface area (Å²) in [5.74, 6) is 0.862. The number of para-hydroxylation sites is 2. The van der Waals surface area contributed by atoms with Gasteiger partial charge in [0.1, 0.15) is 5.75 Å². The zero-order valence-electron chi connectivity index (χ0n) is 20.4. The van der Waals surface area contributed by atoms with Gasteiger partial charge in [0.05, 0.1) is 11.1 Å². The van der Waals surface area contributed by atoms with Crippen LogP contribution in [0, 0.1) is 5.41 Å². The number of likely N-dealkylation sites (tertiary alicyclic amines) is 1. The number of amides is 2. The first-order chi connectivity index (χ1) is 17.0. The van der Waals surface area contributed by atoms with Crippen molar-refractivity contribution in [3.8, 4) is 5.75 Å². The predicted octanol–water partition coefficient (Wildman–Crippen LogP) is 4.72. The topological polar surface area (TPSA) is 62.7 Å². The van der Waals surface area contributed by atoms with Gasteiger partial charge in [0, 0.05) is 38.3 Å². The van der Waals surface area contributed by atoms with Crippen LogP contribution in [0.3, 0.4) is 0 Å². The number of benzene rings is 2. The molecule has 2 aliphatic heterocycles. The van der Waals surface area contributed by atoms with Crippen LogP contribution in [0.2, 0.25) is 0 Å². The van der Waals surface area contributed by atoms with Crippen LogP contribution in [-0.2, 0) is 11.2 Å². The van der Waals surface area contributed by atoms with Gasteiger partial charge in [-0.15, -0.1) is 0 Å². The molecule has 35 heavy (non-hydrogen) atoms. The van der Waals surface area contributed by atoms with Crippen molar-refractivity contribution in [2.24, 2.45) is 5.41 Å². The second-order valence-electron chi connectivity index (χ2n) is 10.1. The number of hydrogen-bond donors (Lipinski definition) is 0. The zero-order valence-corrected chi connectivity index (χ0v) is 20.4. The van der Waals surface area contributed by atoms with E-state index in [0.29, 0.717) is 25.2 Å². The van der Waals surface area contributed by atoms with Crippen molar-refractivity contribution in [1.29, 1.82) is 0 Å². The van der Waals surface area contributed by atoms with E-state index in [9.17, 15) is 9.59 Å². The minimum atomic E-state index is 0.000459. The number of aryl methyl sites for hydroxylation is 1. The average molecular weight is 472 g/mol. The lowest BCUT2D eigenvalue weighted by Crippen LogP contribution is -2.49. The van der Waals surface area contributed by atoms with E-state index in [4.69, 9.17) is 4.74 Å². The van der Waals surface area contributed by atoms with E-state index in [1.165, 1.54) is 5.56 Å². The third-order valence-corrected chi connectivity index (χ3v) is 7.67. The summed E-state index contributed by atoms with van der Waals surface area (Å²) in [5, 5.41) is 0.982. The number of rotatable bonds is 1. The first-order valence-electron chi connectivity index (χ1n) is 12.6. The van der Waals surface area contributed by atoms with Crippen LogP contribution in [0.5, 0.6) is 5.75 Å². The summed E-state index contributed by atoms with van der Waals surface area (Å²) in [6, 6.07) is 17.8. The molecule has 1 spiro atoms. The van der Waals surface area contributed by atoms with Gasteiger partial charge in [0.2, 0.25) is 0 Å². The number of carbonyl (C=O) groups excluding carboxylic acids is 2. The Kier molecular flexibility index (Phi) is 6.71. The van der Waals surface area contributed by atoms with Gasteiger partial charge in [0.15, 0.2) is 6.61 Å². The highest BCUT2D eigenvalue weighted by Crippen LogP contribution is 2.38. The molecular formula is C29H33N3O3. The number of fused-ring (bicyclic) bond motifs is 2. The molecule has 1 saturated heterocycles. The molecule has 3 heterocycles. The molecule has 0 unspecified atom stereocenters. The van der Waals surface area contributed by atoms with Crippen molar-refractivity contribution in [2.45, 2.75) is 38.5 Å². The highest BCUT2D eigenvalue weighted by atomic mass is 16.5. The SMILES string of the molecule is CN1CC2(CCCCc3ccccc3OCC1=O)CCN(C(=O)c1cnc3ccccc3c1)CC2. The van der Waals surface area contributed by atoms with E-state index in [2.05, 4.69) is 11.1 Å². The van der Waals surface area contributed by atoms with Gasteiger partial charge < -0.3 is 14.5 Å². The third-order valence-electron chi connectivity index (χ3n) is 7.67. The van der Waals surface area contributed by atoms with E-state index < -0.39 is 0 Å². The fourth-order valence-corrected chi connectivity index (χ4v) is 5.55. The summed E-state index contributed by atoms with van der Waals surface area (Å²) >= 11 is 0. The van der Waals surface area contributed by atoms with Gasteiger partial charge in [0.25, 0.3) is 11.8 Å². The summed E-state index contributed by atoms with van der Waals surface area (Å²) in [6.45, 7) is 2.17. The van der Waals surface area contributed by atoms with E-state index in [1.807, 2.05) is 65.4 Å². The number of nitrogens with zero attached hydrogens (tertiary/aromatic N) is 3. The van der Waals surface area contributed by atoms with Gasteiger partial charge in [-0.1, -0.05) is 42.8 Å². The number of piperidine rings is 1. The summed E-state index contributed by atoms with van der Waals surface area (Å²) in [4.78, 5) is 34.4. The van der Waals surface area contributed by atoms with Crippen molar-refractivity contribution >= 4 is 22.7 Å². The zero-order chi connectivity index (χ0) is 24.3. The number of ether oxygens (including phenoxy) is 1. The largest absolute Gasteiger partial charge is 0.483 e. The highest BCUT2D eigenvalue weighted by molar-refractivity contribution is 5.97. The summed E-state index contributed by atoms with van der Waals surface area (Å²) in [5.41, 5.74) is 2.74. The Hall–Kier alpha value is -3.41. The number of carbonyl (C=O) groups is 2. The van der Waals surface area contributed by atoms with Crippen LogP contribution in [0.4, 0.5) is 0 Å². The maximum Gasteiger partial charge on any atom is 0.260 e. The first-order valence-corrected chi connectivity index (χ1v) is 12.6. The predicted molar refractivity (Wildman–Crippen MR) is 136 cm³/mol. The second kappa shape index (κ2) is 10.1. The van der Waals surface area contributed by atoms with Gasteiger partial charge >= 0.3 is 0 Å². The molecule has 0 atom stereocenters. The molecule has 3 aromatic rings. The number of pyridine rings is 1. The van der Waals surface area contributed by atoms with E-state index >= 15 is 0 Å². The van der Waals surface area contributed by atoms with Crippen molar-refractivity contribution in [3.63, 3.8) is 0 Å². The molecule has 0 saturated carbocycles. The average Bonchev–Trinajstić information content (AvgIpc) is 2.89. The molecule has 5 rings (SSSR count). The molecule has 0 aliphatic carbocycles. The third kappa shape index (κ3) is 5.16. The minimum Gasteiger partial charge on any atom is -0.483 e. The van der Waals surface area contributed by atoms with Gasteiger partial charge in [-0.25, -0.2) is 0 Å². The number of likely N-dealkylation sites (N-methyl/N-ethyl adjacent to an activating group) is 1. The van der Waals surface area contributed by atoms with E-state index in [1.54, 1.807) is 6.20 Å². The highest BCUT2D eigenvalue weighted by Gasteiger charge is 2.37. The Morgan fingerprint density at radius 3 is 2.63 bits per heavy atom. The molecule has 2 amide bonds. The number of aromatic nitrogens is 1. The van der Waals surface area contributed by atoms with Crippen LogP contribution < -0.4 is 4.74 Å². The molecule has 182 valence electrons. The Balaban J connectivity index is 1.27. The molecular weight excluding hydrogens is 438 g/mol. The van der Waals surface area contributed by atoms with Crippen LogP contribution in [0.15, 0.2) is 60.8 Å². The lowest BCUT2D eigenvalue weighted by atomic mass is 9.73. The Bertz CT molecular complexity index is 1220. The quantitative estimate of drug-likeness (QED) is 0.515. The minimum absolute atomic E-state index is 0.000459. The van der Waals surface area contributed by atoms with Gasteiger partial charge in [-0.05, 0) is 61.3 Å². The molecule has 6 nitrogen and oxygen atoms in total. The smallest absolute Gasteiger partial charge is 0.260 e. The first kappa shape index (κ1) is 23.3. The molecule has 0 bridgehead atoms. The standard InChI is InChI=1S/C29H33N3O3/c1-31-21-29(13-7-6-9-22-8-3-5-12-26(22)35-20-27(31)33)14-16-32(17-15-29)28(34)24-18-23-10-2-4-11-25(23)30-19-24/h2-5,8,10-12,18-19H,6-7,9,13-17,20-21H2,1H3. The molecule has 2 aliphatic rings. The maximum absolute atomic E-state index is 13.3. The summed E-state index contributed by atoms with van der Waals surface area (Å²) < 4.78 is 5.90. The lowest BCUT2D eigenvalue weighted by Gasteiger charge is -2.44. The van der Waals surface area contributed by atoms with Crippen molar-refractivity contribution < 1.29 is 14.3 Å². The normalized spacial score (nSPS) is 18.9. The monoisotopic (exact) mass is 471 g/mol. The molecule has 1 fully saturated rings. The van der Waals surface area contributed by atoms with Gasteiger partial charge in [-0.3, -0.25) is 14.6 Å². The van der Waals surface area contributed by atoms with Gasteiger partial charge in [-0.2, -0.15) is 0 Å². The van der Waals surface area contributed by atoms with E-state index in [0.717, 1.165) is 55.2 Å². The summed E-state index contributed by atoms with van der Waals surface area (Å²) in [6.07, 6.45) is 7.69. The van der Waals surface area contributed by atoms with E-state index in [-0.39, 0.29) is 23.8 Å². The molecule has 2 aromatic carbocycles.